The molecule has 4 heterocycles. The maximum atomic E-state index is 5.83. The molecule has 0 amide bonds. The molecule has 0 fully saturated rings. The zero-order valence-electron chi connectivity index (χ0n) is 13.8. The molecule has 0 bridgehead atoms. The molecular weight excluding hydrogens is 364 g/mol. The molecule has 0 aliphatic heterocycles. The molecular formula is C18H12N6O2S. The number of nitrogens with two attached hydrogens (primary N) is 1. The molecule has 0 spiro atoms. The van der Waals surface area contributed by atoms with Crippen LogP contribution in [0.4, 0.5) is 5.88 Å². The maximum Gasteiger partial charge on any atom is 0.224 e. The van der Waals surface area contributed by atoms with Crippen LogP contribution in [0.2, 0.25) is 0 Å². The van der Waals surface area contributed by atoms with E-state index in [0.717, 1.165) is 10.6 Å². The number of anilines is 1. The first-order chi connectivity index (χ1) is 13.2. The van der Waals surface area contributed by atoms with Crippen LogP contribution in [0.3, 0.4) is 0 Å². The van der Waals surface area contributed by atoms with Crippen molar-refractivity contribution < 1.29 is 9.15 Å². The van der Waals surface area contributed by atoms with Gasteiger partial charge in [-0.15, -0.1) is 16.4 Å². The second kappa shape index (κ2) is 6.22. The van der Waals surface area contributed by atoms with Gasteiger partial charge in [0, 0.05) is 29.3 Å². The van der Waals surface area contributed by atoms with Crippen molar-refractivity contribution >= 4 is 22.9 Å². The summed E-state index contributed by atoms with van der Waals surface area (Å²) in [7, 11) is 0. The fourth-order valence-corrected chi connectivity index (χ4v) is 3.21. The molecule has 27 heavy (non-hydrogen) atoms. The highest BCUT2D eigenvalue weighted by atomic mass is 32.1. The summed E-state index contributed by atoms with van der Waals surface area (Å²) in [6, 6.07) is 12.8. The molecule has 9 heteroatoms. The third-order valence-corrected chi connectivity index (χ3v) is 4.63. The van der Waals surface area contributed by atoms with Crippen molar-refractivity contribution in [3.63, 3.8) is 0 Å². The lowest BCUT2D eigenvalue weighted by Crippen LogP contribution is -1.93. The number of aromatic nitrogens is 5. The molecule has 0 unspecified atom stereocenters. The molecule has 0 saturated heterocycles. The molecule has 5 aromatic rings. The molecule has 8 nitrogen and oxygen atoms in total. The van der Waals surface area contributed by atoms with E-state index in [0.29, 0.717) is 34.7 Å². The predicted octanol–water partition coefficient (Wildman–Crippen LogP) is 3.88. The van der Waals surface area contributed by atoms with Crippen LogP contribution in [0.25, 0.3) is 27.8 Å². The molecule has 0 atom stereocenters. The SMILES string of the molecule is Nc1ccc(-c2nc3cc(Oc4ccc(-c5nccs5)cc4)ncn3n2)o1. The van der Waals surface area contributed by atoms with E-state index in [4.69, 9.17) is 14.9 Å². The van der Waals surface area contributed by atoms with Crippen LogP contribution in [0, 0.1) is 0 Å². The lowest BCUT2D eigenvalue weighted by atomic mass is 10.2. The normalized spacial score (nSPS) is 11.1. The molecule has 2 N–H and O–H groups in total. The highest BCUT2D eigenvalue weighted by Gasteiger charge is 2.12. The first kappa shape index (κ1) is 15.5. The van der Waals surface area contributed by atoms with E-state index in [2.05, 4.69) is 20.1 Å². The Kier molecular flexibility index (Phi) is 3.58. The summed E-state index contributed by atoms with van der Waals surface area (Å²) in [5.41, 5.74) is 7.23. The number of rotatable bonds is 4. The Bertz CT molecular complexity index is 1210. The number of hydrogen-bond acceptors (Lipinski definition) is 8. The van der Waals surface area contributed by atoms with E-state index in [1.807, 2.05) is 29.6 Å². The van der Waals surface area contributed by atoms with Crippen LogP contribution in [-0.4, -0.2) is 24.6 Å². The van der Waals surface area contributed by atoms with Gasteiger partial charge in [0.25, 0.3) is 0 Å². The zero-order valence-corrected chi connectivity index (χ0v) is 14.6. The lowest BCUT2D eigenvalue weighted by molar-refractivity contribution is 0.461. The molecule has 4 aromatic heterocycles. The van der Waals surface area contributed by atoms with E-state index >= 15 is 0 Å². The van der Waals surface area contributed by atoms with Gasteiger partial charge >= 0.3 is 0 Å². The molecule has 0 saturated carbocycles. The fourth-order valence-electron chi connectivity index (χ4n) is 2.56. The molecule has 5 rings (SSSR count). The van der Waals surface area contributed by atoms with Crippen molar-refractivity contribution in [2.45, 2.75) is 0 Å². The smallest absolute Gasteiger partial charge is 0.224 e. The minimum atomic E-state index is 0.312. The van der Waals surface area contributed by atoms with Crippen molar-refractivity contribution in [1.82, 2.24) is 24.6 Å². The van der Waals surface area contributed by atoms with Crippen molar-refractivity contribution in [2.24, 2.45) is 0 Å². The van der Waals surface area contributed by atoms with Crippen LogP contribution in [-0.2, 0) is 0 Å². The van der Waals surface area contributed by atoms with Gasteiger partial charge in [-0.05, 0) is 30.3 Å². The number of nitrogen functional groups attached to an aromatic ring is 1. The molecule has 0 radical (unpaired) electrons. The number of thiazole rings is 1. The summed E-state index contributed by atoms with van der Waals surface area (Å²) in [6.45, 7) is 0. The largest absolute Gasteiger partial charge is 0.439 e. The van der Waals surface area contributed by atoms with Gasteiger partial charge in [0.1, 0.15) is 17.1 Å². The Balaban J connectivity index is 1.40. The number of nitrogens with zero attached hydrogens (tertiary/aromatic N) is 5. The van der Waals surface area contributed by atoms with Gasteiger partial charge in [-0.1, -0.05) is 0 Å². The summed E-state index contributed by atoms with van der Waals surface area (Å²) >= 11 is 1.59. The van der Waals surface area contributed by atoms with Gasteiger partial charge in [-0.25, -0.2) is 19.5 Å². The number of hydrogen-bond donors (Lipinski definition) is 1. The fraction of sp³-hybridized carbons (Fsp3) is 0. The van der Waals surface area contributed by atoms with Crippen molar-refractivity contribution in [1.29, 1.82) is 0 Å². The zero-order chi connectivity index (χ0) is 18.2. The minimum Gasteiger partial charge on any atom is -0.439 e. The van der Waals surface area contributed by atoms with Crippen LogP contribution in [0.5, 0.6) is 11.6 Å². The summed E-state index contributed by atoms with van der Waals surface area (Å²) in [4.78, 5) is 13.0. The Hall–Kier alpha value is -3.72. The Morgan fingerprint density at radius 2 is 1.96 bits per heavy atom. The maximum absolute atomic E-state index is 5.83. The number of benzene rings is 1. The summed E-state index contributed by atoms with van der Waals surface area (Å²) in [5, 5.41) is 7.23. The van der Waals surface area contributed by atoms with Gasteiger partial charge in [0.15, 0.2) is 17.3 Å². The van der Waals surface area contributed by atoms with Crippen molar-refractivity contribution in [2.75, 3.05) is 5.73 Å². The van der Waals surface area contributed by atoms with Crippen LogP contribution < -0.4 is 10.5 Å². The number of furan rings is 1. The van der Waals surface area contributed by atoms with E-state index in [9.17, 15) is 0 Å². The first-order valence-electron chi connectivity index (χ1n) is 8.00. The van der Waals surface area contributed by atoms with E-state index < -0.39 is 0 Å². The standard InChI is InChI=1S/C18H12N6O2S/c19-14-6-5-13(26-14)17-22-15-9-16(21-10-24(15)23-17)25-12-3-1-11(2-4-12)18-20-7-8-27-18/h1-10H,19H2. The first-order valence-corrected chi connectivity index (χ1v) is 8.88. The van der Waals surface area contributed by atoms with Crippen molar-refractivity contribution in [3.05, 3.63) is 60.4 Å². The number of fused-ring (bicyclic) bond motifs is 1. The Morgan fingerprint density at radius 3 is 2.70 bits per heavy atom. The third-order valence-electron chi connectivity index (χ3n) is 3.81. The molecule has 0 aliphatic carbocycles. The quantitative estimate of drug-likeness (QED) is 0.507. The molecule has 132 valence electrons. The second-order valence-corrected chi connectivity index (χ2v) is 6.53. The highest BCUT2D eigenvalue weighted by Crippen LogP contribution is 2.27. The van der Waals surface area contributed by atoms with Crippen LogP contribution in [0.1, 0.15) is 0 Å². The predicted molar refractivity (Wildman–Crippen MR) is 101 cm³/mol. The van der Waals surface area contributed by atoms with Gasteiger partial charge in [-0.3, -0.25) is 0 Å². The summed E-state index contributed by atoms with van der Waals surface area (Å²) in [6.07, 6.45) is 3.32. The van der Waals surface area contributed by atoms with Crippen molar-refractivity contribution in [3.8, 4) is 33.8 Å². The Morgan fingerprint density at radius 1 is 1.07 bits per heavy atom. The summed E-state index contributed by atoms with van der Waals surface area (Å²) in [5.74, 6) is 2.33. The molecule has 1 aromatic carbocycles. The minimum absolute atomic E-state index is 0.312. The van der Waals surface area contributed by atoms with Gasteiger partial charge in [-0.2, -0.15) is 0 Å². The van der Waals surface area contributed by atoms with Crippen LogP contribution >= 0.6 is 11.3 Å². The number of ether oxygens (including phenoxy) is 1. The van der Waals surface area contributed by atoms with Gasteiger partial charge in [0.2, 0.25) is 11.7 Å². The topological polar surface area (TPSA) is 104 Å². The third kappa shape index (κ3) is 3.00. The molecule has 0 aliphatic rings. The monoisotopic (exact) mass is 376 g/mol. The van der Waals surface area contributed by atoms with Crippen LogP contribution in [0.15, 0.2) is 64.8 Å². The van der Waals surface area contributed by atoms with Gasteiger partial charge < -0.3 is 14.9 Å². The van der Waals surface area contributed by atoms with Gasteiger partial charge in [0.05, 0.1) is 0 Å². The lowest BCUT2D eigenvalue weighted by Gasteiger charge is -2.05. The van der Waals surface area contributed by atoms with E-state index in [1.165, 1.54) is 6.33 Å². The van der Waals surface area contributed by atoms with E-state index in [-0.39, 0.29) is 0 Å². The average Bonchev–Trinajstić information content (AvgIpc) is 3.42. The summed E-state index contributed by atoms with van der Waals surface area (Å²) < 4.78 is 12.7. The average molecular weight is 376 g/mol. The van der Waals surface area contributed by atoms with E-state index in [1.54, 1.807) is 40.2 Å². The second-order valence-electron chi connectivity index (χ2n) is 5.63. The highest BCUT2D eigenvalue weighted by molar-refractivity contribution is 7.13. The Labute approximate surface area is 156 Å².